The quantitative estimate of drug-likeness (QED) is 0.812. The van der Waals surface area contributed by atoms with E-state index >= 15 is 0 Å². The number of amidine groups is 1. The molecule has 1 N–H and O–H groups in total. The second-order valence-electron chi connectivity index (χ2n) is 5.22. The van der Waals surface area contributed by atoms with Gasteiger partial charge >= 0.3 is 0 Å². The molecule has 0 aromatic heterocycles. The molecule has 2 nitrogen and oxygen atoms in total. The van der Waals surface area contributed by atoms with E-state index < -0.39 is 0 Å². The lowest BCUT2D eigenvalue weighted by Crippen LogP contribution is -2.27. The van der Waals surface area contributed by atoms with Gasteiger partial charge in [0.1, 0.15) is 0 Å². The maximum absolute atomic E-state index is 4.76. The second-order valence-corrected chi connectivity index (χ2v) is 6.30. The fourth-order valence-electron chi connectivity index (χ4n) is 1.94. The number of hydrogen-bond acceptors (Lipinski definition) is 3. The van der Waals surface area contributed by atoms with E-state index in [1.54, 1.807) is 0 Å². The SMILES string of the molecule is Cc1cccc(C)c1NC1=NC(C)(C)CCS1. The molecule has 17 heavy (non-hydrogen) atoms. The van der Waals surface area contributed by atoms with Crippen molar-refractivity contribution >= 4 is 22.6 Å². The van der Waals surface area contributed by atoms with Crippen LogP contribution in [0.3, 0.4) is 0 Å². The number of anilines is 1. The molecule has 1 aliphatic heterocycles. The summed E-state index contributed by atoms with van der Waals surface area (Å²) in [5.74, 6) is 1.14. The smallest absolute Gasteiger partial charge is 0.161 e. The van der Waals surface area contributed by atoms with Crippen LogP contribution in [0.1, 0.15) is 31.4 Å². The average Bonchev–Trinajstić information content (AvgIpc) is 2.22. The van der Waals surface area contributed by atoms with Gasteiger partial charge in [-0.15, -0.1) is 0 Å². The van der Waals surface area contributed by atoms with Crippen molar-refractivity contribution < 1.29 is 0 Å². The molecule has 0 amide bonds. The molecule has 0 atom stereocenters. The Morgan fingerprint density at radius 1 is 1.24 bits per heavy atom. The van der Waals surface area contributed by atoms with Crippen molar-refractivity contribution in [3.63, 3.8) is 0 Å². The van der Waals surface area contributed by atoms with Crippen LogP contribution in [0.2, 0.25) is 0 Å². The molecule has 0 spiro atoms. The summed E-state index contributed by atoms with van der Waals surface area (Å²) in [7, 11) is 0. The third-order valence-electron chi connectivity index (χ3n) is 3.07. The van der Waals surface area contributed by atoms with E-state index in [9.17, 15) is 0 Å². The standard InChI is InChI=1S/C14H20N2S/c1-10-6-5-7-11(2)12(10)15-13-16-14(3,4)8-9-17-13/h5-7H,8-9H2,1-4H3,(H,15,16). The van der Waals surface area contributed by atoms with Crippen LogP contribution in [0.4, 0.5) is 5.69 Å². The van der Waals surface area contributed by atoms with Crippen LogP contribution in [0, 0.1) is 13.8 Å². The Bertz CT molecular complexity index is 429. The van der Waals surface area contributed by atoms with Crippen molar-refractivity contribution in [3.8, 4) is 0 Å². The van der Waals surface area contributed by atoms with E-state index in [4.69, 9.17) is 4.99 Å². The van der Waals surface area contributed by atoms with Crippen molar-refractivity contribution in [2.75, 3.05) is 11.1 Å². The van der Waals surface area contributed by atoms with E-state index in [1.807, 2.05) is 11.8 Å². The van der Waals surface area contributed by atoms with E-state index in [2.05, 4.69) is 51.2 Å². The molecule has 0 aliphatic carbocycles. The molecule has 0 unspecified atom stereocenters. The maximum Gasteiger partial charge on any atom is 0.161 e. The Morgan fingerprint density at radius 2 is 1.88 bits per heavy atom. The first kappa shape index (κ1) is 12.5. The molecule has 1 aromatic rings. The summed E-state index contributed by atoms with van der Waals surface area (Å²) in [6.07, 6.45) is 1.15. The summed E-state index contributed by atoms with van der Waals surface area (Å²) in [6.45, 7) is 8.65. The number of rotatable bonds is 1. The lowest BCUT2D eigenvalue weighted by molar-refractivity contribution is 0.507. The molecule has 1 aromatic carbocycles. The molecule has 1 heterocycles. The van der Waals surface area contributed by atoms with Gasteiger partial charge in [0.2, 0.25) is 0 Å². The van der Waals surface area contributed by atoms with Crippen LogP contribution in [0.25, 0.3) is 0 Å². The van der Waals surface area contributed by atoms with Crippen LogP contribution < -0.4 is 5.32 Å². The highest BCUT2D eigenvalue weighted by molar-refractivity contribution is 8.14. The van der Waals surface area contributed by atoms with Crippen LogP contribution >= 0.6 is 11.8 Å². The third kappa shape index (κ3) is 3.03. The van der Waals surface area contributed by atoms with E-state index in [0.717, 1.165) is 17.3 Å². The number of thioether (sulfide) groups is 1. The van der Waals surface area contributed by atoms with Gasteiger partial charge in [-0.2, -0.15) is 0 Å². The minimum Gasteiger partial charge on any atom is -0.335 e. The molecule has 0 saturated heterocycles. The van der Waals surface area contributed by atoms with Crippen molar-refractivity contribution in [2.24, 2.45) is 4.99 Å². The first-order chi connectivity index (χ1) is 7.98. The summed E-state index contributed by atoms with van der Waals surface area (Å²) in [5.41, 5.74) is 3.83. The van der Waals surface area contributed by atoms with Crippen LogP contribution in [0.15, 0.2) is 23.2 Å². The Kier molecular flexibility index (Phi) is 3.48. The molecule has 0 fully saturated rings. The van der Waals surface area contributed by atoms with E-state index in [1.165, 1.54) is 16.8 Å². The molecule has 3 heteroatoms. The number of aliphatic imine (C=N–C) groups is 1. The van der Waals surface area contributed by atoms with E-state index in [0.29, 0.717) is 0 Å². The van der Waals surface area contributed by atoms with Gasteiger partial charge in [-0.1, -0.05) is 30.0 Å². The molecule has 2 rings (SSSR count). The van der Waals surface area contributed by atoms with Crippen LogP contribution in [0.5, 0.6) is 0 Å². The Hall–Kier alpha value is -0.960. The van der Waals surface area contributed by atoms with Crippen molar-refractivity contribution in [1.29, 1.82) is 0 Å². The van der Waals surface area contributed by atoms with Gasteiger partial charge in [0.25, 0.3) is 0 Å². The zero-order chi connectivity index (χ0) is 12.5. The number of aryl methyl sites for hydroxylation is 2. The zero-order valence-corrected chi connectivity index (χ0v) is 11.8. The van der Waals surface area contributed by atoms with Gasteiger partial charge in [0.15, 0.2) is 5.17 Å². The zero-order valence-electron chi connectivity index (χ0n) is 11.0. The molecule has 92 valence electrons. The fourth-order valence-corrected chi connectivity index (χ4v) is 3.22. The summed E-state index contributed by atoms with van der Waals surface area (Å²) in [5, 5.41) is 4.54. The number of benzene rings is 1. The lowest BCUT2D eigenvalue weighted by Gasteiger charge is -2.27. The molecule has 1 aliphatic rings. The normalized spacial score (nSPS) is 18.7. The van der Waals surface area contributed by atoms with Gasteiger partial charge in [0, 0.05) is 11.4 Å². The van der Waals surface area contributed by atoms with Gasteiger partial charge < -0.3 is 5.32 Å². The average molecular weight is 248 g/mol. The predicted octanol–water partition coefficient (Wildman–Crippen LogP) is 3.99. The molecular formula is C14H20N2S. The fraction of sp³-hybridized carbons (Fsp3) is 0.500. The Balaban J connectivity index is 2.24. The summed E-state index contributed by atoms with van der Waals surface area (Å²) >= 11 is 1.82. The minimum atomic E-state index is 0.0736. The largest absolute Gasteiger partial charge is 0.335 e. The molecule has 0 bridgehead atoms. The Labute approximate surface area is 108 Å². The van der Waals surface area contributed by atoms with Gasteiger partial charge in [-0.05, 0) is 45.2 Å². The van der Waals surface area contributed by atoms with Gasteiger partial charge in [0.05, 0.1) is 5.54 Å². The summed E-state index contributed by atoms with van der Waals surface area (Å²) < 4.78 is 0. The van der Waals surface area contributed by atoms with Crippen LogP contribution in [-0.4, -0.2) is 16.5 Å². The summed E-state index contributed by atoms with van der Waals surface area (Å²) in [6, 6.07) is 6.36. The minimum absolute atomic E-state index is 0.0736. The molecule has 0 radical (unpaired) electrons. The number of para-hydroxylation sites is 1. The highest BCUT2D eigenvalue weighted by Crippen LogP contribution is 2.28. The number of nitrogens with zero attached hydrogens (tertiary/aromatic N) is 1. The van der Waals surface area contributed by atoms with Gasteiger partial charge in [-0.3, -0.25) is 4.99 Å². The van der Waals surface area contributed by atoms with Crippen molar-refractivity contribution in [3.05, 3.63) is 29.3 Å². The second kappa shape index (κ2) is 4.73. The van der Waals surface area contributed by atoms with E-state index in [-0.39, 0.29) is 5.54 Å². The number of hydrogen-bond donors (Lipinski definition) is 1. The monoisotopic (exact) mass is 248 g/mol. The van der Waals surface area contributed by atoms with Gasteiger partial charge in [-0.25, -0.2) is 0 Å². The highest BCUT2D eigenvalue weighted by atomic mass is 32.2. The predicted molar refractivity (Wildman–Crippen MR) is 78.1 cm³/mol. The van der Waals surface area contributed by atoms with Crippen LogP contribution in [-0.2, 0) is 0 Å². The van der Waals surface area contributed by atoms with Crippen molar-refractivity contribution in [2.45, 2.75) is 39.7 Å². The maximum atomic E-state index is 4.76. The lowest BCUT2D eigenvalue weighted by atomic mass is 10.0. The topological polar surface area (TPSA) is 24.4 Å². The number of nitrogens with one attached hydrogen (secondary N) is 1. The molecular weight excluding hydrogens is 228 g/mol. The highest BCUT2D eigenvalue weighted by Gasteiger charge is 2.22. The summed E-state index contributed by atoms with van der Waals surface area (Å²) in [4.78, 5) is 4.76. The Morgan fingerprint density at radius 3 is 2.47 bits per heavy atom. The first-order valence-electron chi connectivity index (χ1n) is 6.04. The first-order valence-corrected chi connectivity index (χ1v) is 7.02. The van der Waals surface area contributed by atoms with Crippen molar-refractivity contribution in [1.82, 2.24) is 0 Å². The third-order valence-corrected chi connectivity index (χ3v) is 3.94. The molecule has 0 saturated carbocycles.